The number of methoxy groups -OCH3 is 1. The molecule has 0 heterocycles. The maximum atomic E-state index is 5.20. The van der Waals surface area contributed by atoms with E-state index in [-0.39, 0.29) is 0 Å². The van der Waals surface area contributed by atoms with Crippen LogP contribution in [-0.2, 0) is 4.74 Å². The van der Waals surface area contributed by atoms with Crippen LogP contribution in [0, 0.1) is 5.41 Å². The number of nitrogens with zero attached hydrogens (tertiary/aromatic N) is 1. The zero-order chi connectivity index (χ0) is 13.4. The van der Waals surface area contributed by atoms with Crippen molar-refractivity contribution in [2.75, 3.05) is 39.9 Å². The lowest BCUT2D eigenvalue weighted by Crippen LogP contribution is -2.43. The molecule has 1 fully saturated rings. The average Bonchev–Trinajstić information content (AvgIpc) is 3.16. The zero-order valence-corrected chi connectivity index (χ0v) is 12.8. The summed E-state index contributed by atoms with van der Waals surface area (Å²) < 4.78 is 5.20. The van der Waals surface area contributed by atoms with Crippen molar-refractivity contribution in [3.63, 3.8) is 0 Å². The minimum absolute atomic E-state index is 0.404. The normalized spacial score (nSPS) is 19.2. The van der Waals surface area contributed by atoms with Gasteiger partial charge < -0.3 is 15.0 Å². The molecule has 0 spiro atoms. The SMILES string of the molecule is CCCC(C)(CNC1CC1)CN(CC)CCOC. The van der Waals surface area contributed by atoms with Crippen LogP contribution in [0.1, 0.15) is 46.5 Å². The predicted molar refractivity (Wildman–Crippen MR) is 78.0 cm³/mol. The lowest BCUT2D eigenvalue weighted by atomic mass is 9.84. The van der Waals surface area contributed by atoms with Crippen LogP contribution < -0.4 is 5.32 Å². The zero-order valence-electron chi connectivity index (χ0n) is 12.8. The Morgan fingerprint density at radius 3 is 2.56 bits per heavy atom. The number of hydrogen-bond acceptors (Lipinski definition) is 3. The molecular formula is C15H32N2O. The number of nitrogens with one attached hydrogen (secondary N) is 1. The maximum Gasteiger partial charge on any atom is 0.0589 e. The average molecular weight is 256 g/mol. The van der Waals surface area contributed by atoms with Crippen LogP contribution in [0.2, 0.25) is 0 Å². The van der Waals surface area contributed by atoms with E-state index in [1.165, 1.54) is 32.2 Å². The van der Waals surface area contributed by atoms with Crippen LogP contribution in [-0.4, -0.2) is 50.8 Å². The van der Waals surface area contributed by atoms with Gasteiger partial charge >= 0.3 is 0 Å². The van der Waals surface area contributed by atoms with Crippen LogP contribution in [0.4, 0.5) is 0 Å². The van der Waals surface area contributed by atoms with Gasteiger partial charge in [0.15, 0.2) is 0 Å². The molecule has 0 aromatic heterocycles. The van der Waals surface area contributed by atoms with Crippen LogP contribution in [0.3, 0.4) is 0 Å². The van der Waals surface area contributed by atoms with Gasteiger partial charge in [-0.2, -0.15) is 0 Å². The first-order chi connectivity index (χ1) is 8.63. The molecule has 1 aliphatic rings. The first-order valence-electron chi connectivity index (χ1n) is 7.58. The van der Waals surface area contributed by atoms with Crippen LogP contribution >= 0.6 is 0 Å². The van der Waals surface area contributed by atoms with Crippen molar-refractivity contribution in [3.8, 4) is 0 Å². The van der Waals surface area contributed by atoms with Gasteiger partial charge in [-0.25, -0.2) is 0 Å². The van der Waals surface area contributed by atoms with Crippen LogP contribution in [0.5, 0.6) is 0 Å². The molecule has 0 aromatic rings. The summed E-state index contributed by atoms with van der Waals surface area (Å²) in [4.78, 5) is 2.52. The fourth-order valence-corrected chi connectivity index (χ4v) is 2.61. The molecule has 3 nitrogen and oxygen atoms in total. The molecule has 0 radical (unpaired) electrons. The molecule has 18 heavy (non-hydrogen) atoms. The first kappa shape index (κ1) is 15.9. The fraction of sp³-hybridized carbons (Fsp3) is 1.00. The van der Waals surface area contributed by atoms with Crippen molar-refractivity contribution in [1.29, 1.82) is 0 Å². The van der Waals surface area contributed by atoms with E-state index in [0.29, 0.717) is 5.41 Å². The molecule has 1 saturated carbocycles. The second-order valence-electron chi connectivity index (χ2n) is 6.08. The molecule has 1 N–H and O–H groups in total. The summed E-state index contributed by atoms with van der Waals surface area (Å²) in [5, 5.41) is 3.71. The van der Waals surface area contributed by atoms with Gasteiger partial charge in [0.25, 0.3) is 0 Å². The van der Waals surface area contributed by atoms with Gasteiger partial charge in [-0.3, -0.25) is 0 Å². The van der Waals surface area contributed by atoms with E-state index >= 15 is 0 Å². The van der Waals surface area contributed by atoms with Crippen LogP contribution in [0.15, 0.2) is 0 Å². The van der Waals surface area contributed by atoms with Crippen molar-refractivity contribution < 1.29 is 4.74 Å². The maximum absolute atomic E-state index is 5.20. The van der Waals surface area contributed by atoms with E-state index in [4.69, 9.17) is 4.74 Å². The van der Waals surface area contributed by atoms with E-state index in [9.17, 15) is 0 Å². The minimum Gasteiger partial charge on any atom is -0.383 e. The van der Waals surface area contributed by atoms with Gasteiger partial charge in [-0.1, -0.05) is 27.2 Å². The van der Waals surface area contributed by atoms with Crippen molar-refractivity contribution in [1.82, 2.24) is 10.2 Å². The fourth-order valence-electron chi connectivity index (χ4n) is 2.61. The Morgan fingerprint density at radius 1 is 1.33 bits per heavy atom. The Morgan fingerprint density at radius 2 is 2.06 bits per heavy atom. The van der Waals surface area contributed by atoms with Crippen molar-refractivity contribution in [3.05, 3.63) is 0 Å². The summed E-state index contributed by atoms with van der Waals surface area (Å²) in [5.41, 5.74) is 0.404. The number of ether oxygens (including phenoxy) is 1. The molecule has 0 bridgehead atoms. The molecule has 1 unspecified atom stereocenters. The van der Waals surface area contributed by atoms with E-state index in [0.717, 1.165) is 32.3 Å². The molecule has 1 aliphatic carbocycles. The lowest BCUT2D eigenvalue weighted by Gasteiger charge is -2.35. The Kier molecular flexibility index (Phi) is 7.20. The highest BCUT2D eigenvalue weighted by molar-refractivity contribution is 4.87. The molecule has 0 amide bonds. The molecular weight excluding hydrogens is 224 g/mol. The minimum atomic E-state index is 0.404. The third kappa shape index (κ3) is 6.17. The molecule has 0 aromatic carbocycles. The summed E-state index contributed by atoms with van der Waals surface area (Å²) >= 11 is 0. The molecule has 108 valence electrons. The molecule has 0 saturated heterocycles. The van der Waals surface area contributed by atoms with Gasteiger partial charge in [-0.15, -0.1) is 0 Å². The molecule has 0 aliphatic heterocycles. The number of rotatable bonds is 11. The van der Waals surface area contributed by atoms with E-state index in [2.05, 4.69) is 31.0 Å². The van der Waals surface area contributed by atoms with Crippen LogP contribution in [0.25, 0.3) is 0 Å². The number of likely N-dealkylation sites (N-methyl/N-ethyl adjacent to an activating group) is 1. The first-order valence-corrected chi connectivity index (χ1v) is 7.58. The lowest BCUT2D eigenvalue weighted by molar-refractivity contribution is 0.110. The van der Waals surface area contributed by atoms with E-state index in [1.54, 1.807) is 7.11 Å². The Labute approximate surface area is 113 Å². The second-order valence-corrected chi connectivity index (χ2v) is 6.08. The van der Waals surface area contributed by atoms with Crippen molar-refractivity contribution in [2.24, 2.45) is 5.41 Å². The van der Waals surface area contributed by atoms with Gasteiger partial charge in [-0.05, 0) is 31.2 Å². The number of hydrogen-bond donors (Lipinski definition) is 1. The second kappa shape index (κ2) is 8.13. The van der Waals surface area contributed by atoms with Crippen molar-refractivity contribution >= 4 is 0 Å². The summed E-state index contributed by atoms with van der Waals surface area (Å²) in [6, 6.07) is 0.815. The highest BCUT2D eigenvalue weighted by Gasteiger charge is 2.29. The van der Waals surface area contributed by atoms with E-state index < -0.39 is 0 Å². The van der Waals surface area contributed by atoms with Crippen molar-refractivity contribution in [2.45, 2.75) is 52.5 Å². The topological polar surface area (TPSA) is 24.5 Å². The summed E-state index contributed by atoms with van der Waals surface area (Å²) in [7, 11) is 1.79. The molecule has 3 heteroatoms. The Bertz CT molecular complexity index is 219. The largest absolute Gasteiger partial charge is 0.383 e. The monoisotopic (exact) mass is 256 g/mol. The third-order valence-corrected chi connectivity index (χ3v) is 3.91. The van der Waals surface area contributed by atoms with Gasteiger partial charge in [0.2, 0.25) is 0 Å². The smallest absolute Gasteiger partial charge is 0.0589 e. The standard InChI is InChI=1S/C15H32N2O/c1-5-9-15(3,12-16-14-7-8-14)13-17(6-2)10-11-18-4/h14,16H,5-13H2,1-4H3. The van der Waals surface area contributed by atoms with Gasteiger partial charge in [0, 0.05) is 32.8 Å². The quantitative estimate of drug-likeness (QED) is 0.615. The van der Waals surface area contributed by atoms with Gasteiger partial charge in [0.05, 0.1) is 6.61 Å². The van der Waals surface area contributed by atoms with E-state index in [1.807, 2.05) is 0 Å². The summed E-state index contributed by atoms with van der Waals surface area (Å²) in [6.45, 7) is 12.3. The molecule has 1 atom stereocenters. The Balaban J connectivity index is 2.40. The predicted octanol–water partition coefficient (Wildman–Crippen LogP) is 2.51. The third-order valence-electron chi connectivity index (χ3n) is 3.91. The highest BCUT2D eigenvalue weighted by atomic mass is 16.5. The molecule has 1 rings (SSSR count). The summed E-state index contributed by atoms with van der Waals surface area (Å²) in [5.74, 6) is 0. The highest BCUT2D eigenvalue weighted by Crippen LogP contribution is 2.26. The Hall–Kier alpha value is -0.120. The van der Waals surface area contributed by atoms with Gasteiger partial charge in [0.1, 0.15) is 0 Å². The summed E-state index contributed by atoms with van der Waals surface area (Å²) in [6.07, 6.45) is 5.33.